The van der Waals surface area contributed by atoms with Gasteiger partial charge in [0.1, 0.15) is 0 Å². The smallest absolute Gasteiger partial charge is 1.00 e. The Morgan fingerprint density at radius 1 is 0.593 bits per heavy atom. The Morgan fingerprint density at radius 2 is 0.963 bits per heavy atom. The average Bonchev–Trinajstić information content (AvgIpc) is 3.07. The maximum atomic E-state index is 2.48. The van der Waals surface area contributed by atoms with Crippen molar-refractivity contribution < 1.29 is 44.8 Å². The number of fused-ring (bicyclic) bond motifs is 2. The molecule has 0 aromatic carbocycles. The Labute approximate surface area is 183 Å². The fourth-order valence-corrected chi connectivity index (χ4v) is 38.6. The summed E-state index contributed by atoms with van der Waals surface area (Å²) < 4.78 is 5.84. The minimum Gasteiger partial charge on any atom is -1.00 e. The zero-order chi connectivity index (χ0) is 17.3. The van der Waals surface area contributed by atoms with Crippen LogP contribution in [-0.4, -0.2) is 0 Å². The fraction of sp³-hybridized carbons (Fsp3) is 0.667. The Balaban J connectivity index is 0.00000105. The van der Waals surface area contributed by atoms with Crippen LogP contribution in [0.2, 0.25) is 15.7 Å². The van der Waals surface area contributed by atoms with Gasteiger partial charge in [-0.1, -0.05) is 0 Å². The summed E-state index contributed by atoms with van der Waals surface area (Å²) in [6.45, 7) is 9.73. The van der Waals surface area contributed by atoms with E-state index in [4.69, 9.17) is 0 Å². The van der Waals surface area contributed by atoms with E-state index in [1.54, 1.807) is 43.5 Å². The number of allylic oxidation sites excluding steroid dienone is 8. The normalized spacial score (nSPS) is 39.9. The van der Waals surface area contributed by atoms with Crippen molar-refractivity contribution >= 4 is 0 Å². The number of rotatable bonds is 2. The van der Waals surface area contributed by atoms with Crippen molar-refractivity contribution in [2.75, 3.05) is 0 Å². The summed E-state index contributed by atoms with van der Waals surface area (Å²) in [5.41, 5.74) is 6.87. The maximum absolute atomic E-state index is 2.48. The molecule has 27 heavy (non-hydrogen) atoms. The summed E-state index contributed by atoms with van der Waals surface area (Å²) in [4.78, 5) is 0. The molecule has 0 radical (unpaired) electrons. The summed E-state index contributed by atoms with van der Waals surface area (Å²) in [5.74, 6) is 3.74. The molecule has 0 amide bonds. The van der Waals surface area contributed by atoms with Crippen LogP contribution in [0.3, 0.4) is 0 Å². The van der Waals surface area contributed by atoms with Crippen LogP contribution >= 0.6 is 0 Å². The molecule has 0 aromatic heterocycles. The van der Waals surface area contributed by atoms with Crippen molar-refractivity contribution in [1.82, 2.24) is 0 Å². The molecule has 0 bridgehead atoms. The van der Waals surface area contributed by atoms with E-state index in [0.29, 0.717) is 0 Å². The van der Waals surface area contributed by atoms with Gasteiger partial charge >= 0.3 is 159 Å². The maximum Gasteiger partial charge on any atom is -1.00 e. The van der Waals surface area contributed by atoms with Gasteiger partial charge in [0, 0.05) is 0 Å². The molecule has 6 unspecified atom stereocenters. The first-order chi connectivity index (χ1) is 12.0. The SMILES string of the molecule is CC1=CC=C(C)C2C1CC[CH]2[Hf+2]1([CH]2CCC3C(C)=CC=C(C)C32)[CH2][CH2]1.[Cl-].[Cl-]. The minimum atomic E-state index is -2.14. The van der Waals surface area contributed by atoms with Crippen molar-refractivity contribution in [3.63, 3.8) is 0 Å². The average molecular weight is 572 g/mol. The Hall–Kier alpha value is 0.410. The van der Waals surface area contributed by atoms with Crippen molar-refractivity contribution in [2.24, 2.45) is 23.7 Å². The van der Waals surface area contributed by atoms with E-state index in [9.17, 15) is 0 Å². The van der Waals surface area contributed by atoms with E-state index in [-0.39, 0.29) is 24.8 Å². The zero-order valence-electron chi connectivity index (χ0n) is 17.3. The van der Waals surface area contributed by atoms with Crippen LogP contribution in [0.25, 0.3) is 0 Å². The van der Waals surface area contributed by atoms with Gasteiger partial charge in [-0.25, -0.2) is 0 Å². The predicted molar refractivity (Wildman–Crippen MR) is 105 cm³/mol. The monoisotopic (exact) mass is 572 g/mol. The van der Waals surface area contributed by atoms with Crippen LogP contribution in [0.15, 0.2) is 46.6 Å². The molecule has 0 aromatic rings. The topological polar surface area (TPSA) is 0 Å². The van der Waals surface area contributed by atoms with E-state index in [2.05, 4.69) is 52.0 Å². The van der Waals surface area contributed by atoms with E-state index < -0.39 is 20.0 Å². The molecule has 1 saturated heterocycles. The molecule has 1 aliphatic heterocycles. The molecule has 5 aliphatic rings. The molecule has 148 valence electrons. The molecule has 3 heteroatoms. The summed E-state index contributed by atoms with van der Waals surface area (Å²) in [6.07, 6.45) is 16.0. The van der Waals surface area contributed by atoms with Gasteiger partial charge in [0.2, 0.25) is 0 Å². The first-order valence-corrected chi connectivity index (χ1v) is 20.0. The van der Waals surface area contributed by atoms with Gasteiger partial charge in [0.05, 0.1) is 0 Å². The quantitative estimate of drug-likeness (QED) is 0.440. The number of hydrogen-bond acceptors (Lipinski definition) is 0. The summed E-state index contributed by atoms with van der Waals surface area (Å²) >= 11 is -2.14. The molecule has 2 saturated carbocycles. The standard InChI is InChI=1S/2C11H15.C2H4.2ClH.Hf/c2*1-8-6-7-9(2)11-5-3-4-10(8)11;1-2;;;/h2*4,6-7,10-11H,3,5H2,1-2H3;1-2H2;2*1H;/q;;;;;+2/p-2. The Morgan fingerprint density at radius 3 is 1.33 bits per heavy atom. The molecular weight excluding hydrogens is 538 g/mol. The third-order valence-corrected chi connectivity index (χ3v) is 30.3. The molecule has 6 atom stereocenters. The molecule has 0 spiro atoms. The Bertz CT molecular complexity index is 667. The molecule has 3 fully saturated rings. The van der Waals surface area contributed by atoms with Crippen molar-refractivity contribution in [3.8, 4) is 0 Å². The molecule has 0 N–H and O–H groups in total. The van der Waals surface area contributed by atoms with Gasteiger partial charge in [-0.15, -0.1) is 0 Å². The van der Waals surface area contributed by atoms with Gasteiger partial charge in [0.15, 0.2) is 0 Å². The van der Waals surface area contributed by atoms with E-state index >= 15 is 0 Å². The first-order valence-electron chi connectivity index (χ1n) is 10.7. The van der Waals surface area contributed by atoms with Crippen molar-refractivity contribution in [1.29, 1.82) is 0 Å². The van der Waals surface area contributed by atoms with Crippen LogP contribution in [0, 0.1) is 23.7 Å². The van der Waals surface area contributed by atoms with Crippen molar-refractivity contribution in [2.45, 2.75) is 69.1 Å². The van der Waals surface area contributed by atoms with Gasteiger partial charge < -0.3 is 24.8 Å². The van der Waals surface area contributed by atoms with E-state index in [1.165, 1.54) is 20.2 Å². The van der Waals surface area contributed by atoms with Crippen LogP contribution in [0.4, 0.5) is 0 Å². The Kier molecular flexibility index (Phi) is 6.48. The number of halogens is 2. The zero-order valence-corrected chi connectivity index (χ0v) is 22.4. The third kappa shape index (κ3) is 3.27. The summed E-state index contributed by atoms with van der Waals surface area (Å²) in [7, 11) is 0. The number of hydrogen-bond donors (Lipinski definition) is 0. The third-order valence-electron chi connectivity index (χ3n) is 9.06. The summed E-state index contributed by atoms with van der Waals surface area (Å²) in [6, 6.07) is 0. The predicted octanol–water partition coefficient (Wildman–Crippen LogP) is 1.44. The fourth-order valence-electron chi connectivity index (χ4n) is 7.73. The molecule has 0 nitrogen and oxygen atoms in total. The van der Waals surface area contributed by atoms with Crippen LogP contribution < -0.4 is 24.8 Å². The van der Waals surface area contributed by atoms with Crippen LogP contribution in [0.1, 0.15) is 53.4 Å². The second kappa shape index (κ2) is 7.92. The second-order valence-corrected chi connectivity index (χ2v) is 27.8. The van der Waals surface area contributed by atoms with Gasteiger partial charge in [-0.3, -0.25) is 0 Å². The van der Waals surface area contributed by atoms with Gasteiger partial charge in [-0.05, 0) is 0 Å². The second-order valence-electron chi connectivity index (χ2n) is 10.0. The molecule has 4 aliphatic carbocycles. The van der Waals surface area contributed by atoms with Gasteiger partial charge in [0.25, 0.3) is 0 Å². The molecular formula is C24H34Cl2Hf. The van der Waals surface area contributed by atoms with Crippen molar-refractivity contribution in [3.05, 3.63) is 46.6 Å². The van der Waals surface area contributed by atoms with Crippen LogP contribution in [-0.2, 0) is 20.0 Å². The van der Waals surface area contributed by atoms with Crippen LogP contribution in [0.5, 0.6) is 0 Å². The first kappa shape index (κ1) is 22.1. The van der Waals surface area contributed by atoms with E-state index in [1.807, 2.05) is 0 Å². The summed E-state index contributed by atoms with van der Waals surface area (Å²) in [5, 5.41) is 0. The van der Waals surface area contributed by atoms with E-state index in [0.717, 1.165) is 23.7 Å². The van der Waals surface area contributed by atoms with Gasteiger partial charge in [-0.2, -0.15) is 0 Å². The molecule has 1 heterocycles. The molecule has 5 rings (SSSR count). The largest absolute Gasteiger partial charge is 1.00 e. The minimum absolute atomic E-state index is 0.